The molecule has 2 aliphatic rings. The number of hydrogen-bond donors (Lipinski definition) is 0. The third-order valence-corrected chi connectivity index (χ3v) is 5.68. The van der Waals surface area contributed by atoms with Gasteiger partial charge in [0, 0.05) is 26.2 Å². The molecule has 0 aromatic rings. The van der Waals surface area contributed by atoms with Gasteiger partial charge in [0.1, 0.15) is 0 Å². The molecule has 1 aliphatic carbocycles. The fourth-order valence-corrected chi connectivity index (χ4v) is 4.07. The van der Waals surface area contributed by atoms with Crippen LogP contribution in [0.3, 0.4) is 0 Å². The van der Waals surface area contributed by atoms with Crippen LogP contribution in [0.25, 0.3) is 0 Å². The van der Waals surface area contributed by atoms with Gasteiger partial charge in [-0.1, -0.05) is 32.4 Å². The van der Waals surface area contributed by atoms with E-state index >= 15 is 0 Å². The van der Waals surface area contributed by atoms with Gasteiger partial charge in [-0.3, -0.25) is 4.79 Å². The summed E-state index contributed by atoms with van der Waals surface area (Å²) in [7, 11) is 2.02. The molecule has 0 aromatic heterocycles. The summed E-state index contributed by atoms with van der Waals surface area (Å²) in [6.45, 7) is 14.4. The zero-order chi connectivity index (χ0) is 16.5. The summed E-state index contributed by atoms with van der Waals surface area (Å²) in [4.78, 5) is 17.5. The number of likely N-dealkylation sites (tertiary alicyclic amines) is 1. The molecular weight excluding hydrogens is 272 g/mol. The quantitative estimate of drug-likeness (QED) is 0.725. The molecule has 0 aromatic carbocycles. The van der Waals surface area contributed by atoms with Crippen molar-refractivity contribution in [3.8, 4) is 0 Å². The van der Waals surface area contributed by atoms with Crippen LogP contribution in [-0.4, -0.2) is 48.4 Å². The Balaban J connectivity index is 1.92. The van der Waals surface area contributed by atoms with E-state index < -0.39 is 0 Å². The predicted molar refractivity (Wildman–Crippen MR) is 92.7 cm³/mol. The molecule has 0 bridgehead atoms. The summed E-state index contributed by atoms with van der Waals surface area (Å²) >= 11 is 0. The zero-order valence-electron chi connectivity index (χ0n) is 15.4. The van der Waals surface area contributed by atoms with E-state index in [0.29, 0.717) is 17.9 Å². The van der Waals surface area contributed by atoms with Crippen molar-refractivity contribution in [1.82, 2.24) is 9.80 Å². The summed E-state index contributed by atoms with van der Waals surface area (Å²) < 4.78 is 0. The summed E-state index contributed by atoms with van der Waals surface area (Å²) in [5.74, 6) is 0.968. The van der Waals surface area contributed by atoms with Gasteiger partial charge in [0.2, 0.25) is 5.91 Å². The Bertz CT molecular complexity index is 429. The Morgan fingerprint density at radius 2 is 1.86 bits per heavy atom. The molecule has 2 rings (SSSR count). The molecule has 126 valence electrons. The van der Waals surface area contributed by atoms with Crippen LogP contribution in [0.1, 0.15) is 53.9 Å². The lowest BCUT2D eigenvalue weighted by Crippen LogP contribution is -2.46. The summed E-state index contributed by atoms with van der Waals surface area (Å²) in [6, 6.07) is 0.435. The van der Waals surface area contributed by atoms with E-state index in [-0.39, 0.29) is 11.3 Å². The molecule has 1 amide bonds. The van der Waals surface area contributed by atoms with Crippen molar-refractivity contribution in [2.75, 3.05) is 26.7 Å². The highest BCUT2D eigenvalue weighted by molar-refractivity contribution is 5.84. The van der Waals surface area contributed by atoms with E-state index in [1.165, 1.54) is 18.5 Å². The average Bonchev–Trinajstić information content (AvgIpc) is 2.98. The second-order valence-electron chi connectivity index (χ2n) is 8.09. The standard InChI is InChI=1S/C19H34N2O/c1-7-10-21-11-8-15(9-12-21)20(6)18(22)17-16(13-14(2)3)19(17,4)5/h13,15-17H,7-12H2,1-6H3/t16-,17-/m1/s1. The Kier molecular flexibility index (Phi) is 5.37. The number of carbonyl (C=O) groups is 1. The topological polar surface area (TPSA) is 23.6 Å². The minimum absolute atomic E-state index is 0.130. The normalized spacial score (nSPS) is 28.3. The Hall–Kier alpha value is -0.830. The molecule has 2 fully saturated rings. The second kappa shape index (κ2) is 6.74. The lowest BCUT2D eigenvalue weighted by Gasteiger charge is -2.37. The van der Waals surface area contributed by atoms with Crippen LogP contribution >= 0.6 is 0 Å². The van der Waals surface area contributed by atoms with Crippen molar-refractivity contribution in [2.24, 2.45) is 17.3 Å². The molecule has 0 radical (unpaired) electrons. The molecule has 22 heavy (non-hydrogen) atoms. The lowest BCUT2D eigenvalue weighted by atomic mass is 10.0. The highest BCUT2D eigenvalue weighted by Gasteiger charge is 2.61. The highest BCUT2D eigenvalue weighted by Crippen LogP contribution is 2.60. The number of amides is 1. The third kappa shape index (κ3) is 3.56. The van der Waals surface area contributed by atoms with E-state index in [2.05, 4.69) is 50.5 Å². The number of nitrogens with zero attached hydrogens (tertiary/aromatic N) is 2. The van der Waals surface area contributed by atoms with E-state index in [1.807, 2.05) is 7.05 Å². The number of carbonyl (C=O) groups excluding carboxylic acids is 1. The van der Waals surface area contributed by atoms with Crippen molar-refractivity contribution in [2.45, 2.75) is 59.9 Å². The second-order valence-corrected chi connectivity index (χ2v) is 8.09. The maximum atomic E-state index is 12.9. The van der Waals surface area contributed by atoms with Crippen molar-refractivity contribution < 1.29 is 4.79 Å². The van der Waals surface area contributed by atoms with Crippen LogP contribution in [0.15, 0.2) is 11.6 Å². The SMILES string of the molecule is CCCN1CCC(N(C)C(=O)[C@H]2[C@@H](C=C(C)C)C2(C)C)CC1. The van der Waals surface area contributed by atoms with Gasteiger partial charge in [-0.2, -0.15) is 0 Å². The van der Waals surface area contributed by atoms with Crippen LogP contribution in [0, 0.1) is 17.3 Å². The molecule has 1 saturated carbocycles. The molecule has 2 atom stereocenters. The number of rotatable bonds is 5. The monoisotopic (exact) mass is 306 g/mol. The molecule has 1 heterocycles. The maximum Gasteiger partial charge on any atom is 0.226 e. The minimum atomic E-state index is 0.130. The van der Waals surface area contributed by atoms with Gasteiger partial charge in [-0.25, -0.2) is 0 Å². The fourth-order valence-electron chi connectivity index (χ4n) is 4.07. The van der Waals surface area contributed by atoms with Gasteiger partial charge in [0.15, 0.2) is 0 Å². The summed E-state index contributed by atoms with van der Waals surface area (Å²) in [5, 5.41) is 0. The van der Waals surface area contributed by atoms with Crippen LogP contribution in [-0.2, 0) is 4.79 Å². The van der Waals surface area contributed by atoms with E-state index in [0.717, 1.165) is 25.9 Å². The molecule has 3 heteroatoms. The number of allylic oxidation sites excluding steroid dienone is 2. The van der Waals surface area contributed by atoms with Gasteiger partial charge in [-0.05, 0) is 51.0 Å². The van der Waals surface area contributed by atoms with Crippen molar-refractivity contribution in [1.29, 1.82) is 0 Å². The Morgan fingerprint density at radius 3 is 2.36 bits per heavy atom. The first-order valence-electron chi connectivity index (χ1n) is 8.93. The Morgan fingerprint density at radius 1 is 1.27 bits per heavy atom. The first-order valence-corrected chi connectivity index (χ1v) is 8.93. The van der Waals surface area contributed by atoms with Crippen LogP contribution in [0.5, 0.6) is 0 Å². The first-order chi connectivity index (χ1) is 10.3. The summed E-state index contributed by atoms with van der Waals surface area (Å²) in [6.07, 6.45) is 5.77. The number of hydrogen-bond acceptors (Lipinski definition) is 2. The number of piperidine rings is 1. The zero-order valence-corrected chi connectivity index (χ0v) is 15.4. The summed E-state index contributed by atoms with van der Waals surface area (Å²) in [5.41, 5.74) is 1.45. The molecule has 1 saturated heterocycles. The molecule has 3 nitrogen and oxygen atoms in total. The van der Waals surface area contributed by atoms with Crippen LogP contribution in [0.4, 0.5) is 0 Å². The average molecular weight is 306 g/mol. The molecular formula is C19H34N2O. The molecule has 0 unspecified atom stereocenters. The van der Waals surface area contributed by atoms with E-state index in [9.17, 15) is 4.79 Å². The largest absolute Gasteiger partial charge is 0.342 e. The van der Waals surface area contributed by atoms with Crippen LogP contribution in [0.2, 0.25) is 0 Å². The van der Waals surface area contributed by atoms with E-state index in [1.54, 1.807) is 0 Å². The molecule has 0 spiro atoms. The lowest BCUT2D eigenvalue weighted by molar-refractivity contribution is -0.135. The van der Waals surface area contributed by atoms with Gasteiger partial charge in [0.05, 0.1) is 5.92 Å². The van der Waals surface area contributed by atoms with E-state index in [4.69, 9.17) is 0 Å². The fraction of sp³-hybridized carbons (Fsp3) is 0.842. The molecule has 1 aliphatic heterocycles. The van der Waals surface area contributed by atoms with Crippen molar-refractivity contribution in [3.05, 3.63) is 11.6 Å². The van der Waals surface area contributed by atoms with Crippen molar-refractivity contribution >= 4 is 5.91 Å². The smallest absolute Gasteiger partial charge is 0.226 e. The van der Waals surface area contributed by atoms with Gasteiger partial charge in [0.25, 0.3) is 0 Å². The Labute approximate surface area is 136 Å². The van der Waals surface area contributed by atoms with Crippen molar-refractivity contribution in [3.63, 3.8) is 0 Å². The third-order valence-electron chi connectivity index (χ3n) is 5.68. The predicted octanol–water partition coefficient (Wildman–Crippen LogP) is 3.56. The minimum Gasteiger partial charge on any atom is -0.342 e. The maximum absolute atomic E-state index is 12.9. The van der Waals surface area contributed by atoms with Gasteiger partial charge in [-0.15, -0.1) is 0 Å². The van der Waals surface area contributed by atoms with Crippen LogP contribution < -0.4 is 0 Å². The highest BCUT2D eigenvalue weighted by atomic mass is 16.2. The van der Waals surface area contributed by atoms with Gasteiger partial charge >= 0.3 is 0 Å². The van der Waals surface area contributed by atoms with Gasteiger partial charge < -0.3 is 9.80 Å². The molecule has 0 N–H and O–H groups in total. The first kappa shape index (κ1) is 17.5.